The van der Waals surface area contributed by atoms with Crippen LogP contribution < -0.4 is 14.0 Å². The molecule has 1 amide bonds. The van der Waals surface area contributed by atoms with Crippen LogP contribution in [0.15, 0.2) is 36.4 Å². The minimum absolute atomic E-state index is 0.151. The average molecular weight is 667 g/mol. The number of alkyl halides is 1. The second-order valence-corrected chi connectivity index (χ2v) is 15.5. The lowest BCUT2D eigenvalue weighted by Crippen LogP contribution is -2.54. The van der Waals surface area contributed by atoms with Crippen LogP contribution in [-0.4, -0.2) is 55.7 Å². The molecular formula is C41H61FNO5+. The fraction of sp³-hybridized carbons (Fsp3) is 0.683. The summed E-state index contributed by atoms with van der Waals surface area (Å²) in [4.78, 5) is 13.6. The van der Waals surface area contributed by atoms with E-state index in [1.165, 1.54) is 25.7 Å². The first-order valence-corrected chi connectivity index (χ1v) is 18.8. The first kappa shape index (κ1) is 36.6. The van der Waals surface area contributed by atoms with Crippen molar-refractivity contribution in [2.45, 2.75) is 129 Å². The van der Waals surface area contributed by atoms with Crippen molar-refractivity contribution in [1.29, 1.82) is 0 Å². The van der Waals surface area contributed by atoms with Crippen molar-refractivity contribution < 1.29 is 28.9 Å². The van der Waals surface area contributed by atoms with E-state index in [2.05, 4.69) is 13.8 Å². The van der Waals surface area contributed by atoms with E-state index in [-0.39, 0.29) is 28.9 Å². The number of ether oxygens (including phenoxy) is 2. The normalized spacial score (nSPS) is 29.0. The van der Waals surface area contributed by atoms with E-state index in [4.69, 9.17) is 9.47 Å². The van der Waals surface area contributed by atoms with Gasteiger partial charge in [0, 0.05) is 18.1 Å². The van der Waals surface area contributed by atoms with Gasteiger partial charge in [-0.3, -0.25) is 0 Å². The number of rotatable bonds is 16. The SMILES string of the molecule is CCCCCCCC[N+](CCCCCC1Cc2cc(O)ccc2C2C(F)C[C@]3(C)C(O)CCC3C12)(C(C)=O)c1ccc(OC)c(OC)c1. The van der Waals surface area contributed by atoms with Crippen LogP contribution in [0.25, 0.3) is 0 Å². The molecule has 48 heavy (non-hydrogen) atoms. The number of hydrogen-bond donors (Lipinski definition) is 2. The zero-order valence-corrected chi connectivity index (χ0v) is 30.2. The molecule has 6 nitrogen and oxygen atoms in total. The number of carbonyl (C=O) groups is 1. The zero-order chi connectivity index (χ0) is 34.5. The number of hydrogen-bond acceptors (Lipinski definition) is 5. The van der Waals surface area contributed by atoms with E-state index in [0.717, 1.165) is 87.7 Å². The van der Waals surface area contributed by atoms with Crippen LogP contribution in [0.2, 0.25) is 0 Å². The smallest absolute Gasteiger partial charge is 0.315 e. The van der Waals surface area contributed by atoms with Crippen LogP contribution in [0, 0.1) is 23.2 Å². The maximum atomic E-state index is 16.2. The van der Waals surface area contributed by atoms with Crippen molar-refractivity contribution in [1.82, 2.24) is 4.48 Å². The quantitative estimate of drug-likeness (QED) is 0.138. The van der Waals surface area contributed by atoms with E-state index in [1.807, 2.05) is 30.3 Å². The Morgan fingerprint density at radius 2 is 1.62 bits per heavy atom. The molecule has 0 bridgehead atoms. The first-order chi connectivity index (χ1) is 23.1. The zero-order valence-electron chi connectivity index (χ0n) is 30.2. The summed E-state index contributed by atoms with van der Waals surface area (Å²) in [5, 5.41) is 21.3. The lowest BCUT2D eigenvalue weighted by Gasteiger charge is -2.54. The summed E-state index contributed by atoms with van der Waals surface area (Å²) >= 11 is 0. The standard InChI is InChI=1S/C41H60FNO5/c1-6-7-8-9-10-13-22-43(28(2)44,31-16-20-36(47-4)37(26-31)48-5)23-14-11-12-15-29-24-30-25-32(45)17-18-33(30)40-35(42)27-41(3)34(39(29)40)19-21-38(41)46/h16-18,20,25-26,29,34-35,38-40,46H,6-15,19,21-24,27H2,1-5H3/p+1/t29?,34?,35?,38?,39?,40?,41-,43?/m0/s1. The Labute approximate surface area is 288 Å². The fourth-order valence-corrected chi connectivity index (χ4v) is 10.1. The number of phenolic OH excluding ortho intramolecular Hbond substituents is 1. The molecule has 0 heterocycles. The number of phenols is 1. The molecule has 7 heteroatoms. The van der Waals surface area contributed by atoms with Gasteiger partial charge < -0.3 is 19.7 Å². The van der Waals surface area contributed by atoms with Crippen molar-refractivity contribution in [3.05, 3.63) is 47.5 Å². The van der Waals surface area contributed by atoms with Crippen molar-refractivity contribution in [2.75, 3.05) is 27.3 Å². The maximum Gasteiger partial charge on any atom is 0.315 e. The van der Waals surface area contributed by atoms with Gasteiger partial charge in [-0.15, -0.1) is 0 Å². The number of carbonyl (C=O) groups excluding carboxylic acids is 1. The number of unbranched alkanes of at least 4 members (excludes halogenated alkanes) is 7. The molecule has 5 rings (SSSR count). The number of aromatic hydroxyl groups is 1. The minimum Gasteiger partial charge on any atom is -0.508 e. The second-order valence-electron chi connectivity index (χ2n) is 15.5. The molecule has 7 unspecified atom stereocenters. The molecule has 0 aromatic heterocycles. The summed E-state index contributed by atoms with van der Waals surface area (Å²) < 4.78 is 27.7. The number of aliphatic hydroxyl groups is 1. The molecule has 2 aromatic carbocycles. The minimum atomic E-state index is -0.993. The predicted octanol–water partition coefficient (Wildman–Crippen LogP) is 9.28. The summed E-state index contributed by atoms with van der Waals surface area (Å²) in [5.74, 6) is 2.33. The van der Waals surface area contributed by atoms with Crippen LogP contribution in [0.4, 0.5) is 10.1 Å². The van der Waals surface area contributed by atoms with Crippen LogP contribution in [0.3, 0.4) is 0 Å². The number of halogens is 1. The third-order valence-corrected chi connectivity index (χ3v) is 12.7. The molecule has 0 saturated heterocycles. The molecule has 2 fully saturated rings. The van der Waals surface area contributed by atoms with Gasteiger partial charge >= 0.3 is 5.91 Å². The number of benzene rings is 2. The number of aliphatic hydroxyl groups excluding tert-OH is 1. The topological polar surface area (TPSA) is 76.0 Å². The van der Waals surface area contributed by atoms with Gasteiger partial charge in [-0.2, -0.15) is 0 Å². The molecule has 3 aliphatic rings. The Morgan fingerprint density at radius 1 is 0.938 bits per heavy atom. The third-order valence-electron chi connectivity index (χ3n) is 12.7. The number of amides is 1. The van der Waals surface area contributed by atoms with Gasteiger partial charge in [0.15, 0.2) is 11.5 Å². The number of nitrogens with zero attached hydrogens (tertiary/aromatic N) is 1. The highest BCUT2D eigenvalue weighted by molar-refractivity contribution is 5.87. The van der Waals surface area contributed by atoms with E-state index < -0.39 is 12.3 Å². The second kappa shape index (κ2) is 15.9. The predicted molar refractivity (Wildman–Crippen MR) is 191 cm³/mol. The summed E-state index contributed by atoms with van der Waals surface area (Å²) in [5.41, 5.74) is 2.74. The van der Waals surface area contributed by atoms with E-state index in [1.54, 1.807) is 27.2 Å². The number of methoxy groups -OCH3 is 2. The first-order valence-electron chi connectivity index (χ1n) is 18.8. The molecular weight excluding hydrogens is 605 g/mol. The van der Waals surface area contributed by atoms with Gasteiger partial charge in [0.1, 0.15) is 17.6 Å². The molecule has 8 atom stereocenters. The summed E-state index contributed by atoms with van der Waals surface area (Å²) in [6, 6.07) is 11.4. The molecule has 0 aliphatic heterocycles. The Morgan fingerprint density at radius 3 is 2.31 bits per heavy atom. The van der Waals surface area contributed by atoms with Gasteiger partial charge in [-0.1, -0.05) is 52.0 Å². The largest absolute Gasteiger partial charge is 0.508 e. The third kappa shape index (κ3) is 7.28. The highest BCUT2D eigenvalue weighted by Gasteiger charge is 2.60. The lowest BCUT2D eigenvalue weighted by molar-refractivity contribution is -0.128. The number of fused-ring (bicyclic) bond motifs is 5. The van der Waals surface area contributed by atoms with Gasteiger partial charge in [0.25, 0.3) is 0 Å². The molecule has 3 aliphatic carbocycles. The molecule has 266 valence electrons. The van der Waals surface area contributed by atoms with Gasteiger partial charge in [0.2, 0.25) is 0 Å². The number of quaternary nitrogens is 1. The summed E-state index contributed by atoms with van der Waals surface area (Å²) in [6.45, 7) is 7.58. The van der Waals surface area contributed by atoms with Gasteiger partial charge in [-0.25, -0.2) is 13.7 Å². The van der Waals surface area contributed by atoms with E-state index >= 15 is 4.39 Å². The monoisotopic (exact) mass is 666 g/mol. The average Bonchev–Trinajstić information content (AvgIpc) is 3.37. The highest BCUT2D eigenvalue weighted by atomic mass is 19.1. The summed E-state index contributed by atoms with van der Waals surface area (Å²) in [7, 11) is 3.27. The molecule has 2 saturated carbocycles. The maximum absolute atomic E-state index is 16.2. The van der Waals surface area contributed by atoms with Crippen molar-refractivity contribution in [2.24, 2.45) is 23.2 Å². The Kier molecular flexibility index (Phi) is 12.2. The van der Waals surface area contributed by atoms with E-state index in [0.29, 0.717) is 34.2 Å². The van der Waals surface area contributed by atoms with Crippen molar-refractivity contribution >= 4 is 11.6 Å². The molecule has 2 N–H and O–H groups in total. The fourth-order valence-electron chi connectivity index (χ4n) is 10.1. The molecule has 2 aromatic rings. The van der Waals surface area contributed by atoms with Gasteiger partial charge in [-0.05, 0) is 110 Å². The molecule has 0 spiro atoms. The lowest BCUT2D eigenvalue weighted by atomic mass is 9.51. The highest BCUT2D eigenvalue weighted by Crippen LogP contribution is 2.63. The van der Waals surface area contributed by atoms with E-state index in [9.17, 15) is 15.0 Å². The van der Waals surface area contributed by atoms with Crippen molar-refractivity contribution in [3.63, 3.8) is 0 Å². The Hall–Kier alpha value is -2.64. The Balaban J connectivity index is 1.31. The van der Waals surface area contributed by atoms with Crippen molar-refractivity contribution in [3.8, 4) is 17.2 Å². The van der Waals surface area contributed by atoms with Crippen LogP contribution in [0.5, 0.6) is 17.2 Å². The van der Waals surface area contributed by atoms with Crippen LogP contribution in [0.1, 0.15) is 121 Å². The molecule has 0 radical (unpaired) electrons. The Bertz CT molecular complexity index is 1380. The van der Waals surface area contributed by atoms with Gasteiger partial charge in [0.05, 0.1) is 40.3 Å². The summed E-state index contributed by atoms with van der Waals surface area (Å²) in [6.07, 6.45) is 12.4. The van der Waals surface area contributed by atoms with Crippen LogP contribution in [-0.2, 0) is 11.2 Å². The van der Waals surface area contributed by atoms with Crippen LogP contribution >= 0.6 is 0 Å².